The third kappa shape index (κ3) is 8.08. The van der Waals surface area contributed by atoms with Gasteiger partial charge in [0.05, 0.1) is 28.8 Å². The lowest BCUT2D eigenvalue weighted by molar-refractivity contribution is 0.0499. The first kappa shape index (κ1) is 25.0. The molecule has 0 aliphatic rings. The smallest absolute Gasteiger partial charge is 0.338 e. The summed E-state index contributed by atoms with van der Waals surface area (Å²) in [6.07, 6.45) is 6.10. The molecule has 0 heterocycles. The Morgan fingerprint density at radius 2 is 1.48 bits per heavy atom. The number of nitrogens with one attached hydrogen (secondary N) is 1. The summed E-state index contributed by atoms with van der Waals surface area (Å²) in [6.45, 7) is 5.10. The first-order chi connectivity index (χ1) is 15.0. The molecule has 0 fully saturated rings. The molecule has 168 valence electrons. The van der Waals surface area contributed by atoms with Crippen LogP contribution in [-0.2, 0) is 4.74 Å². The fourth-order valence-electron chi connectivity index (χ4n) is 2.82. The van der Waals surface area contributed by atoms with Gasteiger partial charge in [0.25, 0.3) is 5.91 Å². The summed E-state index contributed by atoms with van der Waals surface area (Å²) in [6, 6.07) is 9.57. The summed E-state index contributed by atoms with van der Waals surface area (Å²) < 4.78 is 10.9. The number of ether oxygens (including phenoxy) is 2. The van der Waals surface area contributed by atoms with Crippen molar-refractivity contribution in [1.82, 2.24) is 0 Å². The lowest BCUT2D eigenvalue weighted by atomic mass is 10.1. The van der Waals surface area contributed by atoms with Gasteiger partial charge in [-0.15, -0.1) is 0 Å². The fraction of sp³-hybridized carbons (Fsp3) is 0.417. The van der Waals surface area contributed by atoms with Gasteiger partial charge in [0.15, 0.2) is 5.75 Å². The summed E-state index contributed by atoms with van der Waals surface area (Å²) in [5.41, 5.74) is 1.29. The maximum Gasteiger partial charge on any atom is 0.338 e. The summed E-state index contributed by atoms with van der Waals surface area (Å²) >= 11 is 12.6. The van der Waals surface area contributed by atoms with Crippen LogP contribution in [0.4, 0.5) is 5.69 Å². The van der Waals surface area contributed by atoms with Crippen molar-refractivity contribution in [1.29, 1.82) is 0 Å². The van der Waals surface area contributed by atoms with Gasteiger partial charge >= 0.3 is 5.97 Å². The summed E-state index contributed by atoms with van der Waals surface area (Å²) in [5.74, 6) is -0.353. The molecule has 2 aromatic carbocycles. The van der Waals surface area contributed by atoms with Crippen LogP contribution in [0.1, 0.15) is 73.1 Å². The molecule has 0 saturated heterocycles. The highest BCUT2D eigenvalue weighted by atomic mass is 35.5. The SMILES string of the molecule is CCCCCCOc1c(Cl)cc(C(=O)Nc2ccc(C(=O)OCCCC)cc2)cc1Cl. The predicted molar refractivity (Wildman–Crippen MR) is 126 cm³/mol. The number of hydrogen-bond acceptors (Lipinski definition) is 4. The van der Waals surface area contributed by atoms with Crippen LogP contribution in [0, 0.1) is 0 Å². The van der Waals surface area contributed by atoms with Crippen LogP contribution < -0.4 is 10.1 Å². The van der Waals surface area contributed by atoms with Crippen LogP contribution in [-0.4, -0.2) is 25.1 Å². The number of carbonyl (C=O) groups excluding carboxylic acids is 2. The van der Waals surface area contributed by atoms with E-state index in [0.29, 0.717) is 45.8 Å². The molecule has 31 heavy (non-hydrogen) atoms. The lowest BCUT2D eigenvalue weighted by Crippen LogP contribution is -2.13. The van der Waals surface area contributed by atoms with Crippen molar-refractivity contribution in [3.05, 3.63) is 57.6 Å². The molecule has 1 N–H and O–H groups in total. The molecule has 0 unspecified atom stereocenters. The zero-order valence-electron chi connectivity index (χ0n) is 18.0. The average Bonchev–Trinajstić information content (AvgIpc) is 2.75. The van der Waals surface area contributed by atoms with E-state index in [4.69, 9.17) is 32.7 Å². The number of benzene rings is 2. The number of halogens is 2. The Bertz CT molecular complexity index is 845. The molecule has 0 saturated carbocycles. The minimum Gasteiger partial charge on any atom is -0.490 e. The maximum absolute atomic E-state index is 12.6. The minimum atomic E-state index is -0.379. The van der Waals surface area contributed by atoms with Gasteiger partial charge in [-0.2, -0.15) is 0 Å². The molecule has 0 radical (unpaired) electrons. The first-order valence-corrected chi connectivity index (χ1v) is 11.4. The molecule has 0 aliphatic carbocycles. The fourth-order valence-corrected chi connectivity index (χ4v) is 3.41. The monoisotopic (exact) mass is 465 g/mol. The topological polar surface area (TPSA) is 64.6 Å². The molecule has 0 atom stereocenters. The third-order valence-electron chi connectivity index (χ3n) is 4.61. The van der Waals surface area contributed by atoms with E-state index in [1.54, 1.807) is 24.3 Å². The maximum atomic E-state index is 12.6. The van der Waals surface area contributed by atoms with E-state index >= 15 is 0 Å². The van der Waals surface area contributed by atoms with Crippen LogP contribution >= 0.6 is 23.2 Å². The van der Waals surface area contributed by atoms with Gasteiger partial charge in [0, 0.05) is 11.3 Å². The van der Waals surface area contributed by atoms with Gasteiger partial charge in [-0.3, -0.25) is 4.79 Å². The predicted octanol–water partition coefficient (Wildman–Crippen LogP) is 7.16. The molecule has 0 spiro atoms. The Morgan fingerprint density at radius 3 is 2.10 bits per heavy atom. The van der Waals surface area contributed by atoms with E-state index in [-0.39, 0.29) is 11.9 Å². The van der Waals surface area contributed by atoms with Crippen molar-refractivity contribution >= 4 is 40.8 Å². The minimum absolute atomic E-state index is 0.290. The Kier molecular flexibility index (Phi) is 10.7. The molecule has 0 bridgehead atoms. The number of hydrogen-bond donors (Lipinski definition) is 1. The van der Waals surface area contributed by atoms with Gasteiger partial charge < -0.3 is 14.8 Å². The highest BCUT2D eigenvalue weighted by Crippen LogP contribution is 2.34. The number of esters is 1. The van der Waals surface area contributed by atoms with E-state index in [0.717, 1.165) is 38.5 Å². The third-order valence-corrected chi connectivity index (χ3v) is 5.18. The standard InChI is InChI=1S/C24H29Cl2NO4/c1-3-5-7-8-14-30-22-20(25)15-18(16-21(22)26)23(28)27-19-11-9-17(10-12-19)24(29)31-13-6-4-2/h9-12,15-16H,3-8,13-14H2,1-2H3,(H,27,28). The number of rotatable bonds is 12. The van der Waals surface area contributed by atoms with E-state index in [2.05, 4.69) is 12.2 Å². The van der Waals surface area contributed by atoms with Crippen LogP contribution in [0.15, 0.2) is 36.4 Å². The summed E-state index contributed by atoms with van der Waals surface area (Å²) in [5, 5.41) is 3.35. The zero-order chi connectivity index (χ0) is 22.6. The number of unbranched alkanes of at least 4 members (excludes halogenated alkanes) is 4. The molecule has 0 aliphatic heterocycles. The van der Waals surface area contributed by atoms with E-state index in [1.807, 2.05) is 6.92 Å². The largest absolute Gasteiger partial charge is 0.490 e. The van der Waals surface area contributed by atoms with Crippen molar-refractivity contribution in [2.75, 3.05) is 18.5 Å². The first-order valence-electron chi connectivity index (χ1n) is 10.7. The van der Waals surface area contributed by atoms with Gasteiger partial charge in [0.1, 0.15) is 0 Å². The number of amides is 1. The second-order valence-corrected chi connectivity index (χ2v) is 8.01. The molecule has 2 aromatic rings. The highest BCUT2D eigenvalue weighted by Gasteiger charge is 2.15. The van der Waals surface area contributed by atoms with Gasteiger partial charge in [0.2, 0.25) is 0 Å². The second kappa shape index (κ2) is 13.2. The van der Waals surface area contributed by atoms with Crippen molar-refractivity contribution in [2.24, 2.45) is 0 Å². The Balaban J connectivity index is 1.96. The molecular formula is C24H29Cl2NO4. The van der Waals surface area contributed by atoms with Crippen molar-refractivity contribution in [3.63, 3.8) is 0 Å². The summed E-state index contributed by atoms with van der Waals surface area (Å²) in [4.78, 5) is 24.6. The number of anilines is 1. The summed E-state index contributed by atoms with van der Waals surface area (Å²) in [7, 11) is 0. The molecule has 7 heteroatoms. The normalized spacial score (nSPS) is 10.6. The molecule has 1 amide bonds. The highest BCUT2D eigenvalue weighted by molar-refractivity contribution is 6.37. The average molecular weight is 466 g/mol. The lowest BCUT2D eigenvalue weighted by Gasteiger charge is -2.12. The van der Waals surface area contributed by atoms with Crippen LogP contribution in [0.2, 0.25) is 10.0 Å². The van der Waals surface area contributed by atoms with Crippen LogP contribution in [0.3, 0.4) is 0 Å². The number of carbonyl (C=O) groups is 2. The van der Waals surface area contributed by atoms with Gasteiger partial charge in [-0.1, -0.05) is 62.7 Å². The molecule has 2 rings (SSSR count). The zero-order valence-corrected chi connectivity index (χ0v) is 19.5. The molecular weight excluding hydrogens is 437 g/mol. The second-order valence-electron chi connectivity index (χ2n) is 7.20. The van der Waals surface area contributed by atoms with E-state index < -0.39 is 0 Å². The van der Waals surface area contributed by atoms with Crippen LogP contribution in [0.25, 0.3) is 0 Å². The quantitative estimate of drug-likeness (QED) is 0.266. The Labute approximate surface area is 194 Å². The molecule has 0 aromatic heterocycles. The van der Waals surface area contributed by atoms with Crippen molar-refractivity contribution in [2.45, 2.75) is 52.4 Å². The van der Waals surface area contributed by atoms with E-state index in [1.165, 1.54) is 12.1 Å². The van der Waals surface area contributed by atoms with E-state index in [9.17, 15) is 9.59 Å². The van der Waals surface area contributed by atoms with Crippen molar-refractivity contribution in [3.8, 4) is 5.75 Å². The van der Waals surface area contributed by atoms with Crippen LogP contribution in [0.5, 0.6) is 5.75 Å². The van der Waals surface area contributed by atoms with Gasteiger partial charge in [-0.05, 0) is 49.2 Å². The van der Waals surface area contributed by atoms with Crippen molar-refractivity contribution < 1.29 is 19.1 Å². The Hall–Kier alpha value is -2.24. The van der Waals surface area contributed by atoms with Gasteiger partial charge in [-0.25, -0.2) is 4.79 Å². The Morgan fingerprint density at radius 1 is 0.839 bits per heavy atom. The molecule has 5 nitrogen and oxygen atoms in total.